The van der Waals surface area contributed by atoms with Crippen LogP contribution in [-0.2, 0) is 6.61 Å². The summed E-state index contributed by atoms with van der Waals surface area (Å²) in [4.78, 5) is 12.8. The largest absolute Gasteiger partial charge is 0.493 e. The van der Waals surface area contributed by atoms with Gasteiger partial charge in [-0.3, -0.25) is 4.79 Å². The van der Waals surface area contributed by atoms with Crippen LogP contribution in [0.1, 0.15) is 15.9 Å². The molecule has 0 aliphatic carbocycles. The van der Waals surface area contributed by atoms with E-state index >= 15 is 0 Å². The smallest absolute Gasteiger partial charge is 0.161 e. The van der Waals surface area contributed by atoms with Crippen molar-refractivity contribution in [2.45, 2.75) is 6.61 Å². The average Bonchev–Trinajstić information content (AvgIpc) is 2.53. The fraction of sp³-hybridized carbons (Fsp3) is 0.235. The molecule has 0 amide bonds. The average molecular weight is 285 g/mol. The van der Waals surface area contributed by atoms with Crippen LogP contribution in [0.25, 0.3) is 0 Å². The number of nitrogens with zero attached hydrogens (tertiary/aromatic N) is 1. The first-order valence-corrected chi connectivity index (χ1v) is 6.66. The molecule has 21 heavy (non-hydrogen) atoms. The van der Waals surface area contributed by atoms with Crippen LogP contribution in [0.4, 0.5) is 5.69 Å². The van der Waals surface area contributed by atoms with Crippen LogP contribution in [0.15, 0.2) is 42.5 Å². The summed E-state index contributed by atoms with van der Waals surface area (Å²) in [5.41, 5.74) is 2.78. The highest BCUT2D eigenvalue weighted by atomic mass is 16.5. The lowest BCUT2D eigenvalue weighted by molar-refractivity contribution is 0.112. The predicted octanol–water partition coefficient (Wildman–Crippen LogP) is 3.15. The first-order chi connectivity index (χ1) is 10.1. The van der Waals surface area contributed by atoms with Gasteiger partial charge in [0.25, 0.3) is 0 Å². The van der Waals surface area contributed by atoms with Crippen LogP contribution in [0.3, 0.4) is 0 Å². The Kier molecular flexibility index (Phi) is 4.82. The SMILES string of the molecule is COc1cc(C=O)ccc1OCc1ccc(N(C)C)cc1. The molecule has 0 fully saturated rings. The van der Waals surface area contributed by atoms with E-state index in [0.717, 1.165) is 17.5 Å². The number of rotatable bonds is 6. The number of anilines is 1. The molecule has 2 rings (SSSR count). The Bertz CT molecular complexity index is 606. The highest BCUT2D eigenvalue weighted by molar-refractivity contribution is 5.76. The van der Waals surface area contributed by atoms with Gasteiger partial charge in [-0.25, -0.2) is 0 Å². The summed E-state index contributed by atoms with van der Waals surface area (Å²) in [6, 6.07) is 13.3. The Hall–Kier alpha value is -2.49. The quantitative estimate of drug-likeness (QED) is 0.764. The van der Waals surface area contributed by atoms with Crippen molar-refractivity contribution in [2.75, 3.05) is 26.1 Å². The third-order valence-corrected chi connectivity index (χ3v) is 3.17. The minimum atomic E-state index is 0.449. The van der Waals surface area contributed by atoms with Crippen molar-refractivity contribution in [2.24, 2.45) is 0 Å². The fourth-order valence-electron chi connectivity index (χ4n) is 1.93. The number of aldehydes is 1. The van der Waals surface area contributed by atoms with Crippen LogP contribution >= 0.6 is 0 Å². The van der Waals surface area contributed by atoms with Gasteiger partial charge in [0.2, 0.25) is 0 Å². The molecule has 0 unspecified atom stereocenters. The van der Waals surface area contributed by atoms with E-state index in [4.69, 9.17) is 9.47 Å². The van der Waals surface area contributed by atoms with Gasteiger partial charge in [-0.05, 0) is 35.9 Å². The minimum absolute atomic E-state index is 0.449. The molecule has 0 aliphatic heterocycles. The molecule has 2 aromatic carbocycles. The van der Waals surface area contributed by atoms with Crippen LogP contribution in [0.2, 0.25) is 0 Å². The molecular formula is C17H19NO3. The second-order valence-corrected chi connectivity index (χ2v) is 4.88. The molecule has 0 bridgehead atoms. The summed E-state index contributed by atoms with van der Waals surface area (Å²) >= 11 is 0. The van der Waals surface area contributed by atoms with Gasteiger partial charge in [-0.15, -0.1) is 0 Å². The molecule has 0 aromatic heterocycles. The maximum absolute atomic E-state index is 10.8. The topological polar surface area (TPSA) is 38.8 Å². The molecule has 4 heteroatoms. The first-order valence-electron chi connectivity index (χ1n) is 6.66. The highest BCUT2D eigenvalue weighted by Crippen LogP contribution is 2.28. The van der Waals surface area contributed by atoms with Crippen LogP contribution in [-0.4, -0.2) is 27.5 Å². The van der Waals surface area contributed by atoms with Crippen molar-refractivity contribution < 1.29 is 14.3 Å². The van der Waals surface area contributed by atoms with Crippen LogP contribution in [0, 0.1) is 0 Å². The number of hydrogen-bond acceptors (Lipinski definition) is 4. The zero-order valence-electron chi connectivity index (χ0n) is 12.5. The Balaban J connectivity index is 2.07. The van der Waals surface area contributed by atoms with Crippen molar-refractivity contribution in [3.05, 3.63) is 53.6 Å². The summed E-state index contributed by atoms with van der Waals surface area (Å²) in [6.45, 7) is 0.449. The number of benzene rings is 2. The zero-order valence-corrected chi connectivity index (χ0v) is 12.5. The molecule has 4 nitrogen and oxygen atoms in total. The van der Waals surface area contributed by atoms with Crippen molar-refractivity contribution in [1.82, 2.24) is 0 Å². The minimum Gasteiger partial charge on any atom is -0.493 e. The Morgan fingerprint density at radius 3 is 2.33 bits per heavy atom. The predicted molar refractivity (Wildman–Crippen MR) is 83.5 cm³/mol. The van der Waals surface area contributed by atoms with Gasteiger partial charge >= 0.3 is 0 Å². The van der Waals surface area contributed by atoms with E-state index in [1.165, 1.54) is 0 Å². The van der Waals surface area contributed by atoms with Gasteiger partial charge in [0.15, 0.2) is 11.5 Å². The Morgan fingerprint density at radius 2 is 1.76 bits per heavy atom. The summed E-state index contributed by atoms with van der Waals surface area (Å²) in [5.74, 6) is 1.18. The van der Waals surface area contributed by atoms with E-state index in [-0.39, 0.29) is 0 Å². The number of ether oxygens (including phenoxy) is 2. The molecule has 0 atom stereocenters. The molecule has 0 heterocycles. The molecule has 0 saturated carbocycles. The summed E-state index contributed by atoms with van der Waals surface area (Å²) in [6.07, 6.45) is 0.784. The standard InChI is InChI=1S/C17H19NO3/c1-18(2)15-7-4-13(5-8-15)12-21-16-9-6-14(11-19)10-17(16)20-3/h4-11H,12H2,1-3H3. The molecule has 2 aromatic rings. The monoisotopic (exact) mass is 285 g/mol. The normalized spacial score (nSPS) is 10.0. The van der Waals surface area contributed by atoms with Gasteiger partial charge in [0, 0.05) is 25.3 Å². The third-order valence-electron chi connectivity index (χ3n) is 3.17. The van der Waals surface area contributed by atoms with Gasteiger partial charge in [-0.1, -0.05) is 12.1 Å². The molecule has 110 valence electrons. The first kappa shape index (κ1) is 14.9. The molecule has 0 N–H and O–H groups in total. The van der Waals surface area contributed by atoms with Crippen molar-refractivity contribution in [1.29, 1.82) is 0 Å². The summed E-state index contributed by atoms with van der Waals surface area (Å²) in [5, 5.41) is 0. The van der Waals surface area contributed by atoms with E-state index in [0.29, 0.717) is 23.7 Å². The summed E-state index contributed by atoms with van der Waals surface area (Å²) < 4.78 is 11.0. The maximum atomic E-state index is 10.8. The molecular weight excluding hydrogens is 266 g/mol. The van der Waals surface area contributed by atoms with Gasteiger partial charge in [0.1, 0.15) is 12.9 Å². The van der Waals surface area contributed by atoms with Gasteiger partial charge < -0.3 is 14.4 Å². The van der Waals surface area contributed by atoms with Gasteiger partial charge in [0.05, 0.1) is 7.11 Å². The lowest BCUT2D eigenvalue weighted by Gasteiger charge is -2.14. The third kappa shape index (κ3) is 3.75. The lowest BCUT2D eigenvalue weighted by atomic mass is 10.2. The molecule has 0 saturated heterocycles. The number of carbonyl (C=O) groups is 1. The number of methoxy groups -OCH3 is 1. The van der Waals surface area contributed by atoms with E-state index in [1.807, 2.05) is 43.3 Å². The zero-order chi connectivity index (χ0) is 15.2. The van der Waals surface area contributed by atoms with E-state index in [9.17, 15) is 4.79 Å². The second-order valence-electron chi connectivity index (χ2n) is 4.88. The second kappa shape index (κ2) is 6.79. The van der Waals surface area contributed by atoms with E-state index in [2.05, 4.69) is 0 Å². The molecule has 0 spiro atoms. The highest BCUT2D eigenvalue weighted by Gasteiger charge is 2.06. The van der Waals surface area contributed by atoms with Crippen molar-refractivity contribution in [3.63, 3.8) is 0 Å². The van der Waals surface area contributed by atoms with E-state index in [1.54, 1.807) is 25.3 Å². The fourth-order valence-corrected chi connectivity index (χ4v) is 1.93. The lowest BCUT2D eigenvalue weighted by Crippen LogP contribution is -2.08. The summed E-state index contributed by atoms with van der Waals surface area (Å²) in [7, 11) is 5.57. The number of hydrogen-bond donors (Lipinski definition) is 0. The van der Waals surface area contributed by atoms with Crippen LogP contribution < -0.4 is 14.4 Å². The molecule has 0 aliphatic rings. The Morgan fingerprint density at radius 1 is 1.05 bits per heavy atom. The van der Waals surface area contributed by atoms with Gasteiger partial charge in [-0.2, -0.15) is 0 Å². The molecule has 0 radical (unpaired) electrons. The van der Waals surface area contributed by atoms with Crippen LogP contribution in [0.5, 0.6) is 11.5 Å². The Labute approximate surface area is 124 Å². The number of carbonyl (C=O) groups excluding carboxylic acids is 1. The van der Waals surface area contributed by atoms with Crippen molar-refractivity contribution >= 4 is 12.0 Å². The van der Waals surface area contributed by atoms with E-state index < -0.39 is 0 Å². The maximum Gasteiger partial charge on any atom is 0.161 e. The van der Waals surface area contributed by atoms with Crippen molar-refractivity contribution in [3.8, 4) is 11.5 Å².